The number of anilines is 1. The van der Waals surface area contributed by atoms with Crippen LogP contribution in [-0.4, -0.2) is 35.8 Å². The van der Waals surface area contributed by atoms with Gasteiger partial charge in [0.2, 0.25) is 0 Å². The van der Waals surface area contributed by atoms with E-state index in [2.05, 4.69) is 4.98 Å². The minimum atomic E-state index is -0.614. The molecule has 2 rings (SSSR count). The molecule has 6 nitrogen and oxygen atoms in total. The van der Waals surface area contributed by atoms with Crippen LogP contribution >= 0.6 is 22.9 Å². The number of thiazole rings is 1. The van der Waals surface area contributed by atoms with E-state index >= 15 is 0 Å². The molecule has 8 heteroatoms. The molecule has 1 fully saturated rings. The Bertz CT molecular complexity index is 584. The molecular formula is C15H21ClN2O4S. The summed E-state index contributed by atoms with van der Waals surface area (Å²) in [6.07, 6.45) is 1.42. The van der Waals surface area contributed by atoms with Crippen molar-refractivity contribution in [2.75, 3.05) is 12.0 Å². The lowest BCUT2D eigenvalue weighted by Gasteiger charge is -2.29. The molecule has 128 valence electrons. The summed E-state index contributed by atoms with van der Waals surface area (Å²) in [6.45, 7) is 5.43. The first-order valence-electron chi connectivity index (χ1n) is 7.42. The topological polar surface area (TPSA) is 68.7 Å². The molecule has 0 bridgehead atoms. The number of carbonyl (C=O) groups excluding carboxylic acids is 2. The van der Waals surface area contributed by atoms with Crippen molar-refractivity contribution in [3.05, 3.63) is 10.5 Å². The molecule has 0 aromatic carbocycles. The summed E-state index contributed by atoms with van der Waals surface area (Å²) in [4.78, 5) is 30.1. The highest BCUT2D eigenvalue weighted by Crippen LogP contribution is 2.35. The van der Waals surface area contributed by atoms with Crippen LogP contribution in [0.15, 0.2) is 5.38 Å². The average molecular weight is 361 g/mol. The van der Waals surface area contributed by atoms with E-state index in [1.807, 2.05) is 20.8 Å². The molecule has 1 aliphatic rings. The number of methoxy groups -OCH3 is 1. The third-order valence-corrected chi connectivity index (χ3v) is 4.73. The number of hydrogen-bond acceptors (Lipinski definition) is 6. The van der Waals surface area contributed by atoms with Gasteiger partial charge in [0.15, 0.2) is 5.13 Å². The molecule has 1 aromatic heterocycles. The first-order valence-corrected chi connectivity index (χ1v) is 8.68. The number of carbonyl (C=O) groups is 2. The van der Waals surface area contributed by atoms with Gasteiger partial charge in [0.25, 0.3) is 0 Å². The van der Waals surface area contributed by atoms with E-state index in [0.29, 0.717) is 29.5 Å². The van der Waals surface area contributed by atoms with Crippen LogP contribution in [0.3, 0.4) is 0 Å². The number of amides is 1. The zero-order chi connectivity index (χ0) is 17.2. The highest BCUT2D eigenvalue weighted by atomic mass is 35.5. The zero-order valence-corrected chi connectivity index (χ0v) is 15.2. The quantitative estimate of drug-likeness (QED) is 0.765. The fraction of sp³-hybridized carbons (Fsp3) is 0.667. The fourth-order valence-corrected chi connectivity index (χ4v) is 3.63. The largest absolute Gasteiger partial charge is 0.469 e. The number of rotatable bonds is 3. The number of ether oxygens (including phenoxy) is 2. The van der Waals surface area contributed by atoms with Gasteiger partial charge in [0.1, 0.15) is 10.8 Å². The summed E-state index contributed by atoms with van der Waals surface area (Å²) in [7, 11) is 1.38. The highest BCUT2D eigenvalue weighted by Gasteiger charge is 2.39. The Morgan fingerprint density at radius 2 is 2.09 bits per heavy atom. The van der Waals surface area contributed by atoms with Crippen LogP contribution in [0.25, 0.3) is 0 Å². The molecule has 2 atom stereocenters. The Hall–Kier alpha value is -1.34. The molecule has 0 spiro atoms. The summed E-state index contributed by atoms with van der Waals surface area (Å²) < 4.78 is 10.3. The van der Waals surface area contributed by atoms with Gasteiger partial charge in [-0.1, -0.05) is 11.6 Å². The first kappa shape index (κ1) is 18.0. The van der Waals surface area contributed by atoms with Crippen LogP contribution in [0.2, 0.25) is 5.15 Å². The van der Waals surface area contributed by atoms with E-state index in [9.17, 15) is 9.59 Å². The van der Waals surface area contributed by atoms with Gasteiger partial charge in [-0.25, -0.2) is 14.7 Å². The van der Waals surface area contributed by atoms with E-state index in [1.54, 1.807) is 5.38 Å². The fourth-order valence-electron chi connectivity index (χ4n) is 2.62. The summed E-state index contributed by atoms with van der Waals surface area (Å²) in [6, 6.07) is -0.156. The van der Waals surface area contributed by atoms with Gasteiger partial charge >= 0.3 is 12.1 Å². The summed E-state index contributed by atoms with van der Waals surface area (Å²) in [5.41, 5.74) is -0.614. The molecule has 0 radical (unpaired) electrons. The lowest BCUT2D eigenvalue weighted by atomic mass is 10.1. The van der Waals surface area contributed by atoms with Gasteiger partial charge in [-0.15, -0.1) is 11.3 Å². The van der Waals surface area contributed by atoms with Crippen molar-refractivity contribution in [2.45, 2.75) is 51.7 Å². The molecule has 1 aromatic rings. The molecule has 1 heterocycles. The lowest BCUT2D eigenvalue weighted by Crippen LogP contribution is -2.42. The second-order valence-electron chi connectivity index (χ2n) is 6.49. The summed E-state index contributed by atoms with van der Waals surface area (Å²) >= 11 is 7.18. The van der Waals surface area contributed by atoms with E-state index in [1.165, 1.54) is 23.3 Å². The second kappa shape index (κ2) is 7.05. The summed E-state index contributed by atoms with van der Waals surface area (Å²) in [5.74, 6) is -0.445. The van der Waals surface area contributed by atoms with Gasteiger partial charge in [-0.2, -0.15) is 0 Å². The van der Waals surface area contributed by atoms with E-state index in [4.69, 9.17) is 21.1 Å². The van der Waals surface area contributed by atoms with Gasteiger partial charge < -0.3 is 9.47 Å². The van der Waals surface area contributed by atoms with Crippen molar-refractivity contribution in [1.82, 2.24) is 4.98 Å². The van der Waals surface area contributed by atoms with Crippen molar-refractivity contribution >= 4 is 40.1 Å². The Labute approximate surface area is 144 Å². The molecule has 0 aliphatic heterocycles. The highest BCUT2D eigenvalue weighted by molar-refractivity contribution is 7.14. The maximum atomic E-state index is 12.6. The van der Waals surface area contributed by atoms with Crippen LogP contribution in [0, 0.1) is 5.92 Å². The third-order valence-electron chi connectivity index (χ3n) is 3.56. The smallest absolute Gasteiger partial charge is 0.416 e. The van der Waals surface area contributed by atoms with Crippen molar-refractivity contribution in [1.29, 1.82) is 0 Å². The maximum absolute atomic E-state index is 12.6. The minimum absolute atomic E-state index is 0.156. The van der Waals surface area contributed by atoms with Crippen LogP contribution in [0.4, 0.5) is 9.93 Å². The van der Waals surface area contributed by atoms with Crippen molar-refractivity contribution in [3.8, 4) is 0 Å². The lowest BCUT2D eigenvalue weighted by molar-refractivity contribution is -0.145. The molecule has 0 saturated heterocycles. The van der Waals surface area contributed by atoms with Crippen LogP contribution in [0.1, 0.15) is 40.0 Å². The second-order valence-corrected chi connectivity index (χ2v) is 7.71. The number of halogens is 1. The van der Waals surface area contributed by atoms with Crippen molar-refractivity contribution < 1.29 is 19.1 Å². The standard InChI is InChI=1S/C15H21ClN2O4S/c1-15(2,3)22-14(20)18(13-17-11(16)8-23-13)10-6-5-9(7-10)12(19)21-4/h8-10H,5-7H2,1-4H3/t9-,10+/m0/s1. The van der Waals surface area contributed by atoms with Crippen molar-refractivity contribution in [3.63, 3.8) is 0 Å². The van der Waals surface area contributed by atoms with Gasteiger partial charge in [-0.05, 0) is 40.0 Å². The third kappa shape index (κ3) is 4.57. The van der Waals surface area contributed by atoms with Gasteiger partial charge in [-0.3, -0.25) is 4.79 Å². The summed E-state index contributed by atoms with van der Waals surface area (Å²) in [5, 5.41) is 2.49. The SMILES string of the molecule is COC(=O)[C@H]1CC[C@@H](N(C(=O)OC(C)(C)C)c2nc(Cl)cs2)C1. The number of aromatic nitrogens is 1. The maximum Gasteiger partial charge on any atom is 0.416 e. The van der Waals surface area contributed by atoms with E-state index in [-0.39, 0.29) is 17.9 Å². The minimum Gasteiger partial charge on any atom is -0.469 e. The van der Waals surface area contributed by atoms with E-state index in [0.717, 1.165) is 0 Å². The molecule has 23 heavy (non-hydrogen) atoms. The predicted molar refractivity (Wildman–Crippen MR) is 89.0 cm³/mol. The monoisotopic (exact) mass is 360 g/mol. The van der Waals surface area contributed by atoms with Gasteiger partial charge in [0, 0.05) is 11.4 Å². The molecule has 1 aliphatic carbocycles. The number of hydrogen-bond donors (Lipinski definition) is 0. The normalized spacial score (nSPS) is 21.1. The van der Waals surface area contributed by atoms with Crippen LogP contribution in [0.5, 0.6) is 0 Å². The average Bonchev–Trinajstić information content (AvgIpc) is 3.06. The Balaban J connectivity index is 2.21. The first-order chi connectivity index (χ1) is 10.7. The van der Waals surface area contributed by atoms with Crippen molar-refractivity contribution in [2.24, 2.45) is 5.92 Å². The molecule has 1 saturated carbocycles. The Morgan fingerprint density at radius 1 is 1.39 bits per heavy atom. The van der Waals surface area contributed by atoms with Crippen LogP contribution < -0.4 is 4.90 Å². The van der Waals surface area contributed by atoms with Gasteiger partial charge in [0.05, 0.1) is 13.0 Å². The Morgan fingerprint density at radius 3 is 2.61 bits per heavy atom. The molecular weight excluding hydrogens is 340 g/mol. The zero-order valence-electron chi connectivity index (χ0n) is 13.7. The number of esters is 1. The predicted octanol–water partition coefficient (Wildman–Crippen LogP) is 3.88. The Kier molecular flexibility index (Phi) is 5.52. The van der Waals surface area contributed by atoms with Crippen LogP contribution in [-0.2, 0) is 14.3 Å². The molecule has 1 amide bonds. The van der Waals surface area contributed by atoms with E-state index < -0.39 is 11.7 Å². The molecule has 0 unspecified atom stereocenters. The number of nitrogens with zero attached hydrogens (tertiary/aromatic N) is 2. The molecule has 0 N–H and O–H groups in total.